The lowest BCUT2D eigenvalue weighted by atomic mass is 10.0. The highest BCUT2D eigenvalue weighted by Crippen LogP contribution is 2.27. The van der Waals surface area contributed by atoms with Gasteiger partial charge in [-0.3, -0.25) is 9.80 Å². The molecule has 0 spiro atoms. The largest absolute Gasteiger partial charge is 0.396 e. The first-order valence-corrected chi connectivity index (χ1v) is 8.83. The van der Waals surface area contributed by atoms with Crippen LogP contribution in [0.1, 0.15) is 31.4 Å². The Hall–Kier alpha value is -0.900. The maximum Gasteiger partial charge on any atom is 0.0446 e. The Kier molecular flexibility index (Phi) is 5.17. The van der Waals surface area contributed by atoms with Crippen LogP contribution in [-0.4, -0.2) is 59.8 Å². The Labute approximate surface area is 134 Å². The van der Waals surface area contributed by atoms with Crippen molar-refractivity contribution in [1.29, 1.82) is 0 Å². The van der Waals surface area contributed by atoms with Gasteiger partial charge >= 0.3 is 0 Å². The van der Waals surface area contributed by atoms with Gasteiger partial charge in [0.05, 0.1) is 0 Å². The summed E-state index contributed by atoms with van der Waals surface area (Å²) in [4.78, 5) is 5.27. The van der Waals surface area contributed by atoms with Crippen molar-refractivity contribution in [2.45, 2.75) is 45.2 Å². The van der Waals surface area contributed by atoms with E-state index in [0.29, 0.717) is 24.6 Å². The van der Waals surface area contributed by atoms with Crippen LogP contribution in [0.25, 0.3) is 0 Å². The Bertz CT molecular complexity index is 463. The van der Waals surface area contributed by atoms with E-state index < -0.39 is 0 Å². The number of hydrogen-bond acceptors (Lipinski definition) is 3. The maximum absolute atomic E-state index is 9.42. The molecule has 3 nitrogen and oxygen atoms in total. The molecule has 0 radical (unpaired) electrons. The summed E-state index contributed by atoms with van der Waals surface area (Å²) >= 11 is 0. The van der Waals surface area contributed by atoms with Crippen LogP contribution in [0, 0.1) is 5.92 Å². The summed E-state index contributed by atoms with van der Waals surface area (Å²) < 4.78 is 0. The molecular weight excluding hydrogens is 272 g/mol. The van der Waals surface area contributed by atoms with E-state index in [2.05, 4.69) is 47.9 Å². The molecule has 1 fully saturated rings. The fourth-order valence-corrected chi connectivity index (χ4v) is 4.17. The standard InChI is InChI=1S/C19H30N2O/c1-15(2)13-20-8-9-21(14-18(20)7-10-22)19-11-16-5-3-4-6-17(16)12-19/h3-6,15,18-19,22H,7-14H2,1-2H3/t18-/m0/s1. The van der Waals surface area contributed by atoms with Gasteiger partial charge in [-0.15, -0.1) is 0 Å². The lowest BCUT2D eigenvalue weighted by molar-refractivity contribution is 0.0317. The minimum Gasteiger partial charge on any atom is -0.396 e. The second-order valence-corrected chi connectivity index (χ2v) is 7.38. The topological polar surface area (TPSA) is 26.7 Å². The fourth-order valence-electron chi connectivity index (χ4n) is 4.17. The molecular formula is C19H30N2O. The summed E-state index contributed by atoms with van der Waals surface area (Å²) in [7, 11) is 0. The van der Waals surface area contributed by atoms with Gasteiger partial charge in [0.25, 0.3) is 0 Å². The number of fused-ring (bicyclic) bond motifs is 1. The number of nitrogens with zero attached hydrogens (tertiary/aromatic N) is 2. The zero-order valence-corrected chi connectivity index (χ0v) is 14.0. The number of piperazine rings is 1. The molecule has 1 N–H and O–H groups in total. The van der Waals surface area contributed by atoms with E-state index in [4.69, 9.17) is 0 Å². The van der Waals surface area contributed by atoms with Gasteiger partial charge in [-0.05, 0) is 36.3 Å². The van der Waals surface area contributed by atoms with Gasteiger partial charge in [0, 0.05) is 44.9 Å². The number of aliphatic hydroxyl groups is 1. The first kappa shape index (κ1) is 16.0. The van der Waals surface area contributed by atoms with Crippen molar-refractivity contribution >= 4 is 0 Å². The Morgan fingerprint density at radius 1 is 1.14 bits per heavy atom. The molecule has 0 unspecified atom stereocenters. The van der Waals surface area contributed by atoms with E-state index in [1.165, 1.54) is 30.5 Å². The Balaban J connectivity index is 1.63. The summed E-state index contributed by atoms with van der Waals surface area (Å²) in [5.41, 5.74) is 3.08. The van der Waals surface area contributed by atoms with E-state index >= 15 is 0 Å². The highest BCUT2D eigenvalue weighted by molar-refractivity contribution is 5.33. The second kappa shape index (κ2) is 7.12. The van der Waals surface area contributed by atoms with Crippen LogP contribution < -0.4 is 0 Å². The van der Waals surface area contributed by atoms with Gasteiger partial charge in [-0.2, -0.15) is 0 Å². The van der Waals surface area contributed by atoms with Crippen molar-refractivity contribution in [1.82, 2.24) is 9.80 Å². The van der Waals surface area contributed by atoms with Crippen LogP contribution in [-0.2, 0) is 12.8 Å². The predicted molar refractivity (Wildman–Crippen MR) is 91.1 cm³/mol. The van der Waals surface area contributed by atoms with Gasteiger partial charge in [0.2, 0.25) is 0 Å². The molecule has 1 heterocycles. The van der Waals surface area contributed by atoms with Gasteiger partial charge < -0.3 is 5.11 Å². The van der Waals surface area contributed by atoms with Gasteiger partial charge in [-0.25, -0.2) is 0 Å². The first-order chi connectivity index (χ1) is 10.7. The third-order valence-corrected chi connectivity index (χ3v) is 5.24. The lowest BCUT2D eigenvalue weighted by Crippen LogP contribution is -2.57. The molecule has 2 aliphatic rings. The summed E-state index contributed by atoms with van der Waals surface area (Å²) in [6, 6.07) is 10.1. The monoisotopic (exact) mass is 302 g/mol. The van der Waals surface area contributed by atoms with Gasteiger partial charge in [0.1, 0.15) is 0 Å². The molecule has 22 heavy (non-hydrogen) atoms. The lowest BCUT2D eigenvalue weighted by Gasteiger charge is -2.44. The van der Waals surface area contributed by atoms with Crippen LogP contribution in [0.4, 0.5) is 0 Å². The SMILES string of the molecule is CC(C)CN1CCN(C2Cc3ccccc3C2)C[C@@H]1CCO. The van der Waals surface area contributed by atoms with Crippen molar-refractivity contribution in [3.63, 3.8) is 0 Å². The third kappa shape index (κ3) is 3.53. The third-order valence-electron chi connectivity index (χ3n) is 5.24. The average Bonchev–Trinajstić information content (AvgIpc) is 2.92. The molecule has 0 amide bonds. The smallest absolute Gasteiger partial charge is 0.0446 e. The summed E-state index contributed by atoms with van der Waals surface area (Å²) in [5, 5.41) is 9.42. The average molecular weight is 302 g/mol. The van der Waals surface area contributed by atoms with Crippen LogP contribution in [0.3, 0.4) is 0 Å². The van der Waals surface area contributed by atoms with Crippen molar-refractivity contribution in [2.75, 3.05) is 32.8 Å². The molecule has 0 saturated carbocycles. The summed E-state index contributed by atoms with van der Waals surface area (Å²) in [6.45, 7) is 9.47. The number of aliphatic hydroxyl groups excluding tert-OH is 1. The zero-order valence-electron chi connectivity index (χ0n) is 14.0. The Morgan fingerprint density at radius 3 is 2.41 bits per heavy atom. The molecule has 3 rings (SSSR count). The van der Waals surface area contributed by atoms with Gasteiger partial charge in [0.15, 0.2) is 0 Å². The Morgan fingerprint density at radius 2 is 1.82 bits per heavy atom. The van der Waals surface area contributed by atoms with Crippen molar-refractivity contribution in [3.8, 4) is 0 Å². The number of benzene rings is 1. The van der Waals surface area contributed by atoms with E-state index in [1.54, 1.807) is 0 Å². The zero-order chi connectivity index (χ0) is 15.5. The second-order valence-electron chi connectivity index (χ2n) is 7.38. The van der Waals surface area contributed by atoms with E-state index in [1.807, 2.05) is 0 Å². The summed E-state index contributed by atoms with van der Waals surface area (Å²) in [5.74, 6) is 0.698. The van der Waals surface area contributed by atoms with Crippen LogP contribution in [0.5, 0.6) is 0 Å². The molecule has 1 aromatic carbocycles. The van der Waals surface area contributed by atoms with Crippen LogP contribution >= 0.6 is 0 Å². The minimum absolute atomic E-state index is 0.304. The molecule has 122 valence electrons. The van der Waals surface area contributed by atoms with E-state index in [0.717, 1.165) is 26.1 Å². The quantitative estimate of drug-likeness (QED) is 0.903. The number of hydrogen-bond donors (Lipinski definition) is 1. The van der Waals surface area contributed by atoms with Gasteiger partial charge in [-0.1, -0.05) is 38.1 Å². The normalized spacial score (nSPS) is 24.1. The van der Waals surface area contributed by atoms with E-state index in [9.17, 15) is 5.11 Å². The van der Waals surface area contributed by atoms with Crippen molar-refractivity contribution in [3.05, 3.63) is 35.4 Å². The highest BCUT2D eigenvalue weighted by Gasteiger charge is 2.33. The minimum atomic E-state index is 0.304. The molecule has 1 saturated heterocycles. The molecule has 1 atom stereocenters. The number of rotatable bonds is 5. The molecule has 0 aromatic heterocycles. The highest BCUT2D eigenvalue weighted by atomic mass is 16.3. The first-order valence-electron chi connectivity index (χ1n) is 8.83. The molecule has 1 aliphatic carbocycles. The van der Waals surface area contributed by atoms with Crippen molar-refractivity contribution < 1.29 is 5.11 Å². The van der Waals surface area contributed by atoms with Crippen LogP contribution in [0.2, 0.25) is 0 Å². The predicted octanol–water partition coefficient (Wildman–Crippen LogP) is 2.18. The molecule has 1 aliphatic heterocycles. The van der Waals surface area contributed by atoms with E-state index in [-0.39, 0.29) is 0 Å². The fraction of sp³-hybridized carbons (Fsp3) is 0.684. The molecule has 3 heteroatoms. The van der Waals surface area contributed by atoms with Crippen molar-refractivity contribution in [2.24, 2.45) is 5.92 Å². The molecule has 0 bridgehead atoms. The van der Waals surface area contributed by atoms with Crippen LogP contribution in [0.15, 0.2) is 24.3 Å². The molecule has 1 aromatic rings. The maximum atomic E-state index is 9.42. The summed E-state index contributed by atoms with van der Waals surface area (Å²) in [6.07, 6.45) is 3.31.